The second-order valence-electron chi connectivity index (χ2n) is 5.43. The van der Waals surface area contributed by atoms with Crippen LogP contribution in [-0.4, -0.2) is 16.1 Å². The monoisotopic (exact) mass is 309 g/mol. The largest absolute Gasteiger partial charge is 0.477 e. The molecule has 0 aliphatic heterocycles. The van der Waals surface area contributed by atoms with Crippen LogP contribution < -0.4 is 0 Å². The summed E-state index contributed by atoms with van der Waals surface area (Å²) in [6, 6.07) is 7.71. The maximum atomic E-state index is 11.1. The van der Waals surface area contributed by atoms with Crippen molar-refractivity contribution in [3.63, 3.8) is 0 Å². The van der Waals surface area contributed by atoms with Crippen LogP contribution in [0.3, 0.4) is 0 Å². The molecule has 20 heavy (non-hydrogen) atoms. The van der Waals surface area contributed by atoms with E-state index in [-0.39, 0.29) is 5.41 Å². The molecule has 0 aliphatic rings. The first-order valence-corrected chi connectivity index (χ1v) is 7.45. The summed E-state index contributed by atoms with van der Waals surface area (Å²) in [6.45, 7) is 5.87. The topological polar surface area (TPSA) is 50.2 Å². The summed E-state index contributed by atoms with van der Waals surface area (Å²) in [4.78, 5) is 15.9. The maximum Gasteiger partial charge on any atom is 0.347 e. The van der Waals surface area contributed by atoms with Crippen molar-refractivity contribution in [2.45, 2.75) is 32.6 Å². The molecule has 0 saturated carbocycles. The Labute approximate surface area is 127 Å². The first-order chi connectivity index (χ1) is 9.29. The minimum absolute atomic E-state index is 0.228. The number of aromatic carboxylic acids is 1. The van der Waals surface area contributed by atoms with Crippen LogP contribution in [0.15, 0.2) is 24.3 Å². The average molecular weight is 310 g/mol. The number of carboxylic acid groups (broad SMARTS) is 1. The van der Waals surface area contributed by atoms with Crippen LogP contribution in [-0.2, 0) is 11.8 Å². The highest BCUT2D eigenvalue weighted by molar-refractivity contribution is 7.13. The van der Waals surface area contributed by atoms with Crippen LogP contribution in [0.1, 0.15) is 39.8 Å². The van der Waals surface area contributed by atoms with Gasteiger partial charge in [0.1, 0.15) is 4.88 Å². The lowest BCUT2D eigenvalue weighted by molar-refractivity contribution is 0.0701. The molecular formula is C15H16ClNO2S. The van der Waals surface area contributed by atoms with Crippen molar-refractivity contribution < 1.29 is 9.90 Å². The van der Waals surface area contributed by atoms with E-state index in [0.29, 0.717) is 15.6 Å². The lowest BCUT2D eigenvalue weighted by Gasteiger charge is -2.22. The number of rotatable bonds is 4. The second-order valence-corrected chi connectivity index (χ2v) is 6.86. The summed E-state index contributed by atoms with van der Waals surface area (Å²) in [7, 11) is 0. The van der Waals surface area contributed by atoms with Crippen LogP contribution in [0.5, 0.6) is 0 Å². The fourth-order valence-electron chi connectivity index (χ4n) is 2.12. The molecule has 0 radical (unpaired) electrons. The molecule has 3 nitrogen and oxygen atoms in total. The molecule has 0 amide bonds. The van der Waals surface area contributed by atoms with Gasteiger partial charge in [0.05, 0.1) is 10.7 Å². The third kappa shape index (κ3) is 3.19. The molecule has 106 valence electrons. The molecule has 5 heteroatoms. The molecule has 1 N–H and O–H groups in total. The number of carboxylic acids is 1. The normalized spacial score (nSPS) is 11.6. The van der Waals surface area contributed by atoms with Gasteiger partial charge in [-0.3, -0.25) is 0 Å². The Hall–Kier alpha value is -1.39. The van der Waals surface area contributed by atoms with Crippen LogP contribution in [0.4, 0.5) is 0 Å². The van der Waals surface area contributed by atoms with E-state index in [1.807, 2.05) is 24.3 Å². The van der Waals surface area contributed by atoms with Gasteiger partial charge in [-0.1, -0.05) is 37.6 Å². The zero-order valence-electron chi connectivity index (χ0n) is 11.6. The third-order valence-electron chi connectivity index (χ3n) is 3.10. The highest BCUT2D eigenvalue weighted by Gasteiger charge is 2.27. The number of hydrogen-bond donors (Lipinski definition) is 1. The van der Waals surface area contributed by atoms with Gasteiger partial charge in [-0.05, 0) is 31.0 Å². The van der Waals surface area contributed by atoms with Gasteiger partial charge in [0.25, 0.3) is 0 Å². The molecule has 0 atom stereocenters. The summed E-state index contributed by atoms with van der Waals surface area (Å²) >= 11 is 7.25. The maximum absolute atomic E-state index is 11.1. The smallest absolute Gasteiger partial charge is 0.347 e. The minimum atomic E-state index is -0.912. The van der Waals surface area contributed by atoms with Gasteiger partial charge >= 0.3 is 5.97 Å². The Balaban J connectivity index is 2.30. The molecule has 0 unspecified atom stereocenters. The van der Waals surface area contributed by atoms with Crippen LogP contribution >= 0.6 is 22.9 Å². The Morgan fingerprint density at radius 1 is 1.45 bits per heavy atom. The highest BCUT2D eigenvalue weighted by atomic mass is 35.5. The molecular weight excluding hydrogens is 294 g/mol. The number of nitrogens with zero attached hydrogens (tertiary/aromatic N) is 1. The van der Waals surface area contributed by atoms with Gasteiger partial charge in [-0.2, -0.15) is 0 Å². The van der Waals surface area contributed by atoms with Gasteiger partial charge in [-0.15, -0.1) is 11.3 Å². The van der Waals surface area contributed by atoms with Crippen molar-refractivity contribution in [1.82, 2.24) is 4.98 Å². The van der Waals surface area contributed by atoms with Crippen molar-refractivity contribution in [2.75, 3.05) is 0 Å². The number of hydrogen-bond acceptors (Lipinski definition) is 3. The second kappa shape index (κ2) is 5.54. The van der Waals surface area contributed by atoms with Crippen LogP contribution in [0.25, 0.3) is 0 Å². The Morgan fingerprint density at radius 2 is 2.15 bits per heavy atom. The molecule has 2 rings (SSSR count). The molecule has 0 spiro atoms. The number of carbonyl (C=O) groups is 1. The lowest BCUT2D eigenvalue weighted by Crippen LogP contribution is -2.20. The van der Waals surface area contributed by atoms with Gasteiger partial charge in [-0.25, -0.2) is 9.78 Å². The number of benzene rings is 1. The number of thiazole rings is 1. The van der Waals surface area contributed by atoms with E-state index < -0.39 is 5.97 Å². The van der Waals surface area contributed by atoms with Crippen LogP contribution in [0.2, 0.25) is 5.02 Å². The van der Waals surface area contributed by atoms with Crippen molar-refractivity contribution in [3.8, 4) is 0 Å². The summed E-state index contributed by atoms with van der Waals surface area (Å²) in [5.41, 5.74) is 1.47. The number of aryl methyl sites for hydroxylation is 1. The standard InChI is InChI=1S/C15H16ClNO2S/c1-9-12(13(18)19)20-14(17-9)15(2,3)8-10-5-4-6-11(16)7-10/h4-7H,8H2,1-3H3,(H,18,19). The molecule has 2 aromatic rings. The highest BCUT2D eigenvalue weighted by Crippen LogP contribution is 2.33. The Bertz CT molecular complexity index is 649. The van der Waals surface area contributed by atoms with Crippen LogP contribution in [0, 0.1) is 6.92 Å². The van der Waals surface area contributed by atoms with E-state index in [1.54, 1.807) is 6.92 Å². The van der Waals surface area contributed by atoms with E-state index in [0.717, 1.165) is 17.0 Å². The molecule has 1 heterocycles. The van der Waals surface area contributed by atoms with E-state index >= 15 is 0 Å². The third-order valence-corrected chi connectivity index (χ3v) is 4.85. The fourth-order valence-corrected chi connectivity index (χ4v) is 3.34. The van der Waals surface area contributed by atoms with E-state index in [1.165, 1.54) is 11.3 Å². The Kier molecular flexibility index (Phi) is 4.16. The van der Waals surface area contributed by atoms with Crippen molar-refractivity contribution in [3.05, 3.63) is 50.4 Å². The quantitative estimate of drug-likeness (QED) is 0.915. The summed E-state index contributed by atoms with van der Waals surface area (Å²) in [5.74, 6) is -0.912. The van der Waals surface area contributed by atoms with Gasteiger partial charge in [0, 0.05) is 10.4 Å². The zero-order chi connectivity index (χ0) is 14.9. The Morgan fingerprint density at radius 3 is 2.70 bits per heavy atom. The first kappa shape index (κ1) is 15.0. The molecule has 0 bridgehead atoms. The van der Waals surface area contributed by atoms with Gasteiger partial charge in [0.15, 0.2) is 0 Å². The van der Waals surface area contributed by atoms with E-state index in [4.69, 9.17) is 16.7 Å². The lowest BCUT2D eigenvalue weighted by atomic mass is 9.86. The predicted molar refractivity (Wildman–Crippen MR) is 82.0 cm³/mol. The summed E-state index contributed by atoms with van der Waals surface area (Å²) < 4.78 is 0. The molecule has 1 aromatic carbocycles. The predicted octanol–water partition coefficient (Wildman–Crippen LogP) is 4.32. The number of halogens is 1. The first-order valence-electron chi connectivity index (χ1n) is 6.25. The van der Waals surface area contributed by atoms with Gasteiger partial charge in [0.2, 0.25) is 0 Å². The van der Waals surface area contributed by atoms with Gasteiger partial charge < -0.3 is 5.11 Å². The summed E-state index contributed by atoms with van der Waals surface area (Å²) in [5, 5.41) is 10.7. The van der Waals surface area contributed by atoms with E-state index in [9.17, 15) is 4.79 Å². The fraction of sp³-hybridized carbons (Fsp3) is 0.333. The average Bonchev–Trinajstić information content (AvgIpc) is 2.71. The van der Waals surface area contributed by atoms with Crippen molar-refractivity contribution in [1.29, 1.82) is 0 Å². The molecule has 0 fully saturated rings. The summed E-state index contributed by atoms with van der Waals surface area (Å²) in [6.07, 6.45) is 0.763. The molecule has 0 saturated heterocycles. The van der Waals surface area contributed by atoms with E-state index in [2.05, 4.69) is 18.8 Å². The molecule has 0 aliphatic carbocycles. The van der Waals surface area contributed by atoms with Crippen molar-refractivity contribution >= 4 is 28.9 Å². The van der Waals surface area contributed by atoms with Crippen molar-refractivity contribution in [2.24, 2.45) is 0 Å². The minimum Gasteiger partial charge on any atom is -0.477 e. The number of aromatic nitrogens is 1. The molecule has 1 aromatic heterocycles. The zero-order valence-corrected chi connectivity index (χ0v) is 13.2. The SMILES string of the molecule is Cc1nc(C(C)(C)Cc2cccc(Cl)c2)sc1C(=O)O.